The Balaban J connectivity index is 2.34. The lowest BCUT2D eigenvalue weighted by molar-refractivity contribution is 1.10. The highest BCUT2D eigenvalue weighted by Gasteiger charge is 2.09. The molecule has 4 heteroatoms. The maximum absolute atomic E-state index is 11.8. The fraction of sp³-hybridized carbons (Fsp3) is 0.0667. The van der Waals surface area contributed by atoms with Gasteiger partial charge in [-0.3, -0.25) is 4.79 Å². The number of hydrogen-bond donors (Lipinski definition) is 2. The van der Waals surface area contributed by atoms with E-state index in [4.69, 9.17) is 5.73 Å². The van der Waals surface area contributed by atoms with Crippen molar-refractivity contribution in [2.75, 3.05) is 5.73 Å². The van der Waals surface area contributed by atoms with Gasteiger partial charge in [0.05, 0.1) is 5.56 Å². The summed E-state index contributed by atoms with van der Waals surface area (Å²) >= 11 is 0. The molecule has 0 aliphatic carbocycles. The molecule has 3 N–H and O–H groups in total. The van der Waals surface area contributed by atoms with Crippen LogP contribution in [0, 0.1) is 6.92 Å². The van der Waals surface area contributed by atoms with Gasteiger partial charge in [-0.05, 0) is 17.7 Å². The molecule has 3 aromatic rings. The van der Waals surface area contributed by atoms with E-state index in [2.05, 4.69) is 9.97 Å². The monoisotopic (exact) mass is 251 g/mol. The molecule has 0 radical (unpaired) electrons. The molecule has 19 heavy (non-hydrogen) atoms. The standard InChI is InChI=1S/C15H13N3O/c1-9-13(16)17-14(18-15(9)19)12-8-4-6-10-5-2-3-7-11(10)12/h2-8H,1H3,(H3,16,17,18,19). The summed E-state index contributed by atoms with van der Waals surface area (Å²) in [6.45, 7) is 1.66. The Morgan fingerprint density at radius 2 is 1.84 bits per heavy atom. The summed E-state index contributed by atoms with van der Waals surface area (Å²) in [6, 6.07) is 13.8. The third kappa shape index (κ3) is 1.87. The summed E-state index contributed by atoms with van der Waals surface area (Å²) in [4.78, 5) is 18.8. The molecule has 0 aliphatic rings. The van der Waals surface area contributed by atoms with Crippen LogP contribution >= 0.6 is 0 Å². The fourth-order valence-electron chi connectivity index (χ4n) is 2.11. The number of nitrogens with one attached hydrogen (secondary N) is 1. The van der Waals surface area contributed by atoms with E-state index in [1.54, 1.807) is 6.92 Å². The highest BCUT2D eigenvalue weighted by Crippen LogP contribution is 2.25. The topological polar surface area (TPSA) is 71.8 Å². The van der Waals surface area contributed by atoms with Crippen molar-refractivity contribution >= 4 is 16.6 Å². The van der Waals surface area contributed by atoms with Crippen molar-refractivity contribution in [3.63, 3.8) is 0 Å². The van der Waals surface area contributed by atoms with E-state index >= 15 is 0 Å². The van der Waals surface area contributed by atoms with Crippen LogP contribution in [-0.2, 0) is 0 Å². The van der Waals surface area contributed by atoms with Gasteiger partial charge < -0.3 is 10.7 Å². The summed E-state index contributed by atoms with van der Waals surface area (Å²) < 4.78 is 0. The predicted octanol–water partition coefficient (Wildman–Crippen LogP) is 2.48. The van der Waals surface area contributed by atoms with E-state index in [9.17, 15) is 4.79 Å². The molecule has 94 valence electrons. The van der Waals surface area contributed by atoms with Crippen LogP contribution in [0.4, 0.5) is 5.82 Å². The Kier molecular flexibility index (Phi) is 2.56. The minimum Gasteiger partial charge on any atom is -0.383 e. The van der Waals surface area contributed by atoms with Crippen molar-refractivity contribution in [3.05, 3.63) is 58.4 Å². The molecule has 1 heterocycles. The van der Waals surface area contributed by atoms with E-state index < -0.39 is 0 Å². The largest absolute Gasteiger partial charge is 0.383 e. The molecule has 1 aromatic heterocycles. The third-order valence-electron chi connectivity index (χ3n) is 3.23. The highest BCUT2D eigenvalue weighted by molar-refractivity contribution is 5.95. The average Bonchev–Trinajstić information content (AvgIpc) is 2.43. The van der Waals surface area contributed by atoms with Gasteiger partial charge in [0, 0.05) is 5.56 Å². The number of anilines is 1. The van der Waals surface area contributed by atoms with Crippen molar-refractivity contribution in [3.8, 4) is 11.4 Å². The number of aromatic amines is 1. The number of H-pyrrole nitrogens is 1. The minimum absolute atomic E-state index is 0.199. The number of benzene rings is 2. The van der Waals surface area contributed by atoms with Gasteiger partial charge in [-0.15, -0.1) is 0 Å². The van der Waals surface area contributed by atoms with Gasteiger partial charge in [0.15, 0.2) is 0 Å². The molecule has 0 fully saturated rings. The zero-order valence-corrected chi connectivity index (χ0v) is 10.5. The van der Waals surface area contributed by atoms with Crippen molar-refractivity contribution in [1.29, 1.82) is 0 Å². The van der Waals surface area contributed by atoms with Gasteiger partial charge in [0.1, 0.15) is 11.6 Å². The van der Waals surface area contributed by atoms with Gasteiger partial charge in [-0.2, -0.15) is 0 Å². The molecule has 0 spiro atoms. The number of aromatic nitrogens is 2. The molecule has 0 aliphatic heterocycles. The van der Waals surface area contributed by atoms with Crippen LogP contribution in [0.2, 0.25) is 0 Å². The van der Waals surface area contributed by atoms with Gasteiger partial charge in [0.2, 0.25) is 0 Å². The Labute approximate surface area is 109 Å². The Bertz CT molecular complexity index is 816. The lowest BCUT2D eigenvalue weighted by Gasteiger charge is -2.07. The zero-order valence-electron chi connectivity index (χ0n) is 10.5. The predicted molar refractivity (Wildman–Crippen MR) is 76.9 cm³/mol. The van der Waals surface area contributed by atoms with E-state index in [0.29, 0.717) is 11.4 Å². The van der Waals surface area contributed by atoms with Crippen LogP contribution in [0.25, 0.3) is 22.2 Å². The van der Waals surface area contributed by atoms with Crippen LogP contribution in [0.3, 0.4) is 0 Å². The Morgan fingerprint density at radius 1 is 1.11 bits per heavy atom. The van der Waals surface area contributed by atoms with Crippen molar-refractivity contribution in [2.24, 2.45) is 0 Å². The Hall–Kier alpha value is -2.62. The average molecular weight is 251 g/mol. The molecule has 0 unspecified atom stereocenters. The summed E-state index contributed by atoms with van der Waals surface area (Å²) in [5.41, 5.74) is 6.90. The first-order chi connectivity index (χ1) is 9.16. The molecule has 2 aromatic carbocycles. The lowest BCUT2D eigenvalue weighted by Crippen LogP contribution is -2.15. The van der Waals surface area contributed by atoms with Gasteiger partial charge >= 0.3 is 0 Å². The first-order valence-corrected chi connectivity index (χ1v) is 6.01. The number of rotatable bonds is 1. The molecule has 3 rings (SSSR count). The number of nitrogens with two attached hydrogens (primary N) is 1. The van der Waals surface area contributed by atoms with Gasteiger partial charge in [-0.1, -0.05) is 42.5 Å². The molecule has 0 atom stereocenters. The van der Waals surface area contributed by atoms with E-state index in [1.165, 1.54) is 0 Å². The van der Waals surface area contributed by atoms with E-state index in [1.807, 2.05) is 42.5 Å². The number of nitrogens with zero attached hydrogens (tertiary/aromatic N) is 1. The van der Waals surface area contributed by atoms with Crippen LogP contribution in [-0.4, -0.2) is 9.97 Å². The second-order valence-electron chi connectivity index (χ2n) is 4.45. The maximum Gasteiger partial charge on any atom is 0.256 e. The normalized spacial score (nSPS) is 10.8. The number of hydrogen-bond acceptors (Lipinski definition) is 3. The first kappa shape index (κ1) is 11.5. The maximum atomic E-state index is 11.8. The summed E-state index contributed by atoms with van der Waals surface area (Å²) in [7, 11) is 0. The number of fused-ring (bicyclic) bond motifs is 1. The van der Waals surface area contributed by atoms with E-state index in [0.717, 1.165) is 16.3 Å². The molecule has 0 amide bonds. The highest BCUT2D eigenvalue weighted by atomic mass is 16.1. The fourth-order valence-corrected chi connectivity index (χ4v) is 2.11. The first-order valence-electron chi connectivity index (χ1n) is 6.01. The molecule has 0 saturated heterocycles. The molecular formula is C15H13N3O. The smallest absolute Gasteiger partial charge is 0.256 e. The Morgan fingerprint density at radius 3 is 2.63 bits per heavy atom. The summed E-state index contributed by atoms with van der Waals surface area (Å²) in [5.74, 6) is 0.775. The van der Waals surface area contributed by atoms with Crippen LogP contribution in [0.5, 0.6) is 0 Å². The minimum atomic E-state index is -0.199. The second-order valence-corrected chi connectivity index (χ2v) is 4.45. The zero-order chi connectivity index (χ0) is 13.4. The summed E-state index contributed by atoms with van der Waals surface area (Å²) in [6.07, 6.45) is 0. The lowest BCUT2D eigenvalue weighted by atomic mass is 10.0. The van der Waals surface area contributed by atoms with Crippen LogP contribution in [0.15, 0.2) is 47.3 Å². The van der Waals surface area contributed by atoms with Crippen LogP contribution < -0.4 is 11.3 Å². The molecule has 0 bridgehead atoms. The van der Waals surface area contributed by atoms with Crippen molar-refractivity contribution < 1.29 is 0 Å². The third-order valence-corrected chi connectivity index (χ3v) is 3.23. The van der Waals surface area contributed by atoms with Gasteiger partial charge in [-0.25, -0.2) is 4.98 Å². The van der Waals surface area contributed by atoms with Crippen molar-refractivity contribution in [2.45, 2.75) is 6.92 Å². The summed E-state index contributed by atoms with van der Waals surface area (Å²) in [5, 5.41) is 2.14. The molecule has 4 nitrogen and oxygen atoms in total. The SMILES string of the molecule is Cc1c(N)nc(-c2cccc3ccccc23)[nH]c1=O. The number of nitrogen functional groups attached to an aromatic ring is 1. The van der Waals surface area contributed by atoms with E-state index in [-0.39, 0.29) is 11.4 Å². The van der Waals surface area contributed by atoms with Gasteiger partial charge in [0.25, 0.3) is 5.56 Å². The van der Waals surface area contributed by atoms with Crippen molar-refractivity contribution in [1.82, 2.24) is 9.97 Å². The molecule has 0 saturated carbocycles. The van der Waals surface area contributed by atoms with Crippen LogP contribution in [0.1, 0.15) is 5.56 Å². The quantitative estimate of drug-likeness (QED) is 0.698. The molecular weight excluding hydrogens is 238 g/mol. The second kappa shape index (κ2) is 4.24.